The summed E-state index contributed by atoms with van der Waals surface area (Å²) in [5, 5.41) is 8.50. The lowest BCUT2D eigenvalue weighted by molar-refractivity contribution is -0.116. The van der Waals surface area contributed by atoms with E-state index in [1.807, 2.05) is 26.0 Å². The third-order valence-electron chi connectivity index (χ3n) is 5.36. The van der Waals surface area contributed by atoms with Crippen molar-refractivity contribution in [2.75, 3.05) is 12.4 Å². The van der Waals surface area contributed by atoms with Crippen molar-refractivity contribution in [3.05, 3.63) is 53.6 Å². The molecule has 35 heavy (non-hydrogen) atoms. The first-order chi connectivity index (χ1) is 16.8. The number of anilines is 1. The van der Waals surface area contributed by atoms with E-state index in [2.05, 4.69) is 15.2 Å². The molecule has 0 saturated heterocycles. The molecule has 188 valence electrons. The van der Waals surface area contributed by atoms with Gasteiger partial charge < -0.3 is 14.8 Å². The van der Waals surface area contributed by atoms with Crippen molar-refractivity contribution >= 4 is 34.3 Å². The fourth-order valence-electron chi connectivity index (χ4n) is 3.54. The highest BCUT2D eigenvalue weighted by atomic mass is 32.2. The van der Waals surface area contributed by atoms with Crippen molar-refractivity contribution in [3.8, 4) is 11.5 Å². The van der Waals surface area contributed by atoms with Crippen molar-refractivity contribution in [2.24, 2.45) is 5.10 Å². The number of ether oxygens (including phenoxy) is 2. The van der Waals surface area contributed by atoms with E-state index in [0.29, 0.717) is 29.8 Å². The van der Waals surface area contributed by atoms with E-state index >= 15 is 0 Å². The van der Waals surface area contributed by atoms with Gasteiger partial charge in [0.25, 0.3) is 0 Å². The average Bonchev–Trinajstić information content (AvgIpc) is 2.84. The normalized spacial score (nSPS) is 15.7. The van der Waals surface area contributed by atoms with Crippen LogP contribution in [-0.2, 0) is 11.3 Å². The van der Waals surface area contributed by atoms with Crippen LogP contribution in [0.2, 0.25) is 0 Å². The number of thioether (sulfide) groups is 1. The SMILES string of the molecule is CCCCC(=O)Nc1ccc(CN2N=C(c3ccc(OC(F)F)c(OC)c3)C(CC)SC2=O)cc1. The van der Waals surface area contributed by atoms with Crippen molar-refractivity contribution in [2.45, 2.75) is 57.9 Å². The van der Waals surface area contributed by atoms with Gasteiger partial charge in [0.15, 0.2) is 11.5 Å². The number of unbranched alkanes of at least 4 members (excludes halogenated alkanes) is 1. The van der Waals surface area contributed by atoms with Gasteiger partial charge in [-0.2, -0.15) is 13.9 Å². The van der Waals surface area contributed by atoms with Crippen molar-refractivity contribution in [1.29, 1.82) is 0 Å². The Hall–Kier alpha value is -3.14. The number of hydrazone groups is 1. The zero-order chi connectivity index (χ0) is 25.4. The molecule has 2 aromatic carbocycles. The van der Waals surface area contributed by atoms with Gasteiger partial charge in [-0.15, -0.1) is 0 Å². The largest absolute Gasteiger partial charge is 0.493 e. The first-order valence-corrected chi connectivity index (χ1v) is 12.3. The van der Waals surface area contributed by atoms with Crippen molar-refractivity contribution in [3.63, 3.8) is 0 Å². The predicted molar refractivity (Wildman–Crippen MR) is 133 cm³/mol. The molecule has 1 heterocycles. The van der Waals surface area contributed by atoms with Crippen LogP contribution in [-0.4, -0.2) is 40.8 Å². The van der Waals surface area contributed by atoms with Crippen molar-refractivity contribution < 1.29 is 27.8 Å². The van der Waals surface area contributed by atoms with Gasteiger partial charge in [-0.05, 0) is 48.7 Å². The molecular weight excluding hydrogens is 476 g/mol. The first-order valence-electron chi connectivity index (χ1n) is 11.4. The number of methoxy groups -OCH3 is 1. The molecular formula is C25H29F2N3O4S. The number of hydrogen-bond acceptors (Lipinski definition) is 6. The van der Waals surface area contributed by atoms with Crippen LogP contribution in [0, 0.1) is 0 Å². The van der Waals surface area contributed by atoms with Crippen molar-refractivity contribution in [1.82, 2.24) is 5.01 Å². The number of halogens is 2. The van der Waals surface area contributed by atoms with Gasteiger partial charge in [0.1, 0.15) is 0 Å². The molecule has 1 aliphatic rings. The lowest BCUT2D eigenvalue weighted by Gasteiger charge is -2.28. The number of carbonyl (C=O) groups excluding carboxylic acids is 2. The van der Waals surface area contributed by atoms with E-state index in [9.17, 15) is 18.4 Å². The molecule has 0 aromatic heterocycles. The van der Waals surface area contributed by atoms with Gasteiger partial charge in [0, 0.05) is 17.7 Å². The van der Waals surface area contributed by atoms with Crippen LogP contribution < -0.4 is 14.8 Å². The maximum absolute atomic E-state index is 12.8. The molecule has 10 heteroatoms. The summed E-state index contributed by atoms with van der Waals surface area (Å²) in [6.45, 7) is 1.27. The van der Waals surface area contributed by atoms with Gasteiger partial charge in [0.2, 0.25) is 5.91 Å². The second-order valence-corrected chi connectivity index (χ2v) is 9.07. The third-order valence-corrected chi connectivity index (χ3v) is 6.61. The molecule has 0 spiro atoms. The van der Waals surface area contributed by atoms with E-state index in [-0.39, 0.29) is 34.4 Å². The molecule has 0 aliphatic carbocycles. The molecule has 0 bridgehead atoms. The second kappa shape index (κ2) is 12.5. The smallest absolute Gasteiger partial charge is 0.387 e. The quantitative estimate of drug-likeness (QED) is 0.389. The Bertz CT molecular complexity index is 1060. The number of nitrogens with one attached hydrogen (secondary N) is 1. The Morgan fingerprint density at radius 3 is 2.54 bits per heavy atom. The number of benzene rings is 2. The lowest BCUT2D eigenvalue weighted by Crippen LogP contribution is -2.34. The Balaban J connectivity index is 1.79. The van der Waals surface area contributed by atoms with Crippen LogP contribution in [0.3, 0.4) is 0 Å². The zero-order valence-corrected chi connectivity index (χ0v) is 20.7. The Morgan fingerprint density at radius 2 is 1.91 bits per heavy atom. The number of nitrogens with zero attached hydrogens (tertiary/aromatic N) is 2. The molecule has 2 aromatic rings. The van der Waals surface area contributed by atoms with Crippen LogP contribution >= 0.6 is 11.8 Å². The highest BCUT2D eigenvalue weighted by molar-refractivity contribution is 8.14. The Morgan fingerprint density at radius 1 is 1.17 bits per heavy atom. The molecule has 0 saturated carbocycles. The van der Waals surface area contributed by atoms with Gasteiger partial charge in [-0.1, -0.05) is 44.2 Å². The number of alkyl halides is 2. The molecule has 7 nitrogen and oxygen atoms in total. The average molecular weight is 506 g/mol. The van der Waals surface area contributed by atoms with E-state index in [4.69, 9.17) is 4.74 Å². The number of hydrogen-bond donors (Lipinski definition) is 1. The summed E-state index contributed by atoms with van der Waals surface area (Å²) < 4.78 is 35.1. The van der Waals surface area contributed by atoms with Crippen LogP contribution in [0.4, 0.5) is 19.3 Å². The van der Waals surface area contributed by atoms with Crippen LogP contribution in [0.15, 0.2) is 47.6 Å². The first kappa shape index (κ1) is 26.5. The molecule has 3 rings (SSSR count). The standard InChI is InChI=1S/C25H29F2N3O4S/c1-4-6-7-22(31)28-18-11-8-16(9-12-18)15-30-25(32)35-21(5-2)23(29-30)17-10-13-19(34-24(26)27)20(14-17)33-3/h8-14,21,24H,4-7,15H2,1-3H3,(H,28,31). The second-order valence-electron chi connectivity index (χ2n) is 7.92. The number of rotatable bonds is 11. The van der Waals surface area contributed by atoms with E-state index < -0.39 is 6.61 Å². The summed E-state index contributed by atoms with van der Waals surface area (Å²) in [7, 11) is 1.37. The highest BCUT2D eigenvalue weighted by Gasteiger charge is 2.30. The molecule has 1 atom stereocenters. The summed E-state index contributed by atoms with van der Waals surface area (Å²) in [5.41, 5.74) is 2.86. The predicted octanol–water partition coefficient (Wildman–Crippen LogP) is 6.28. The number of carbonyl (C=O) groups is 2. The minimum atomic E-state index is -2.97. The summed E-state index contributed by atoms with van der Waals surface area (Å²) in [4.78, 5) is 24.7. The highest BCUT2D eigenvalue weighted by Crippen LogP contribution is 2.34. The molecule has 0 radical (unpaired) electrons. The van der Waals surface area contributed by atoms with Gasteiger partial charge in [0.05, 0.1) is 24.6 Å². The fourth-order valence-corrected chi connectivity index (χ4v) is 4.47. The molecule has 1 aliphatic heterocycles. The summed E-state index contributed by atoms with van der Waals surface area (Å²) in [6.07, 6.45) is 2.93. The van der Waals surface area contributed by atoms with Gasteiger partial charge in [-0.25, -0.2) is 5.01 Å². The van der Waals surface area contributed by atoms with Crippen LogP contribution in [0.25, 0.3) is 0 Å². The Kier molecular flexibility index (Phi) is 9.47. The minimum Gasteiger partial charge on any atom is -0.493 e. The van der Waals surface area contributed by atoms with E-state index in [1.54, 1.807) is 24.3 Å². The maximum Gasteiger partial charge on any atom is 0.387 e. The molecule has 2 amide bonds. The molecule has 0 fully saturated rings. The third kappa shape index (κ3) is 7.17. The monoisotopic (exact) mass is 505 g/mol. The maximum atomic E-state index is 12.8. The zero-order valence-electron chi connectivity index (χ0n) is 19.9. The van der Waals surface area contributed by atoms with Crippen LogP contribution in [0.1, 0.15) is 50.7 Å². The summed E-state index contributed by atoms with van der Waals surface area (Å²) >= 11 is 1.17. The lowest BCUT2D eigenvalue weighted by atomic mass is 10.0. The van der Waals surface area contributed by atoms with E-state index in [0.717, 1.165) is 18.4 Å². The van der Waals surface area contributed by atoms with Crippen LogP contribution in [0.5, 0.6) is 11.5 Å². The number of amides is 2. The topological polar surface area (TPSA) is 80.2 Å². The summed E-state index contributed by atoms with van der Waals surface area (Å²) in [6, 6.07) is 11.9. The van der Waals surface area contributed by atoms with Gasteiger partial charge >= 0.3 is 11.9 Å². The molecule has 1 unspecified atom stereocenters. The van der Waals surface area contributed by atoms with E-state index in [1.165, 1.54) is 29.9 Å². The fraction of sp³-hybridized carbons (Fsp3) is 0.400. The molecule has 1 N–H and O–H groups in total. The minimum absolute atomic E-state index is 0.0255. The van der Waals surface area contributed by atoms with Gasteiger partial charge in [-0.3, -0.25) is 9.59 Å². The Labute approximate surface area is 207 Å². The summed E-state index contributed by atoms with van der Waals surface area (Å²) in [5.74, 6) is 0.0611.